The molecular weight excluding hydrogens is 190 g/mol. The van der Waals surface area contributed by atoms with Gasteiger partial charge in [-0.2, -0.15) is 0 Å². The molecule has 1 fully saturated rings. The SMILES string of the molecule is Cc1ccc(C(=O)N2CCCC2=O)cc1. The highest BCUT2D eigenvalue weighted by Crippen LogP contribution is 2.14. The molecule has 0 aromatic heterocycles. The minimum absolute atomic E-state index is 0.0550. The monoisotopic (exact) mass is 203 g/mol. The number of imide groups is 1. The molecule has 1 heterocycles. The van der Waals surface area contributed by atoms with Gasteiger partial charge in [0.1, 0.15) is 0 Å². The maximum absolute atomic E-state index is 11.9. The third-order valence-corrected chi connectivity index (χ3v) is 2.62. The summed E-state index contributed by atoms with van der Waals surface area (Å²) in [7, 11) is 0. The molecule has 3 heteroatoms. The molecule has 0 radical (unpaired) electrons. The molecule has 0 aliphatic carbocycles. The van der Waals surface area contributed by atoms with Crippen molar-refractivity contribution in [1.29, 1.82) is 0 Å². The van der Waals surface area contributed by atoms with Crippen molar-refractivity contribution in [3.8, 4) is 0 Å². The zero-order valence-corrected chi connectivity index (χ0v) is 8.69. The Hall–Kier alpha value is -1.64. The summed E-state index contributed by atoms with van der Waals surface area (Å²) in [4.78, 5) is 24.6. The number of carbonyl (C=O) groups is 2. The van der Waals surface area contributed by atoms with E-state index in [1.165, 1.54) is 4.90 Å². The van der Waals surface area contributed by atoms with Crippen LogP contribution < -0.4 is 0 Å². The van der Waals surface area contributed by atoms with Gasteiger partial charge in [0.2, 0.25) is 5.91 Å². The van der Waals surface area contributed by atoms with Gasteiger partial charge in [0.25, 0.3) is 5.91 Å². The topological polar surface area (TPSA) is 37.4 Å². The number of aryl methyl sites for hydroxylation is 1. The van der Waals surface area contributed by atoms with Crippen molar-refractivity contribution >= 4 is 11.8 Å². The first kappa shape index (κ1) is 9.90. The predicted molar refractivity (Wildman–Crippen MR) is 56.5 cm³/mol. The van der Waals surface area contributed by atoms with Crippen LogP contribution in [0, 0.1) is 6.92 Å². The Kier molecular flexibility index (Phi) is 2.54. The molecule has 0 bridgehead atoms. The average molecular weight is 203 g/mol. The van der Waals surface area contributed by atoms with E-state index in [1.54, 1.807) is 12.1 Å². The van der Waals surface area contributed by atoms with E-state index >= 15 is 0 Å². The van der Waals surface area contributed by atoms with Crippen molar-refractivity contribution in [2.45, 2.75) is 19.8 Å². The van der Waals surface area contributed by atoms with E-state index < -0.39 is 0 Å². The number of nitrogens with zero attached hydrogens (tertiary/aromatic N) is 1. The summed E-state index contributed by atoms with van der Waals surface area (Å²) in [5.41, 5.74) is 1.70. The van der Waals surface area contributed by atoms with E-state index in [4.69, 9.17) is 0 Å². The fraction of sp³-hybridized carbons (Fsp3) is 0.333. The van der Waals surface area contributed by atoms with Gasteiger partial charge in [-0.1, -0.05) is 17.7 Å². The molecule has 0 atom stereocenters. The van der Waals surface area contributed by atoms with Gasteiger partial charge in [0, 0.05) is 18.5 Å². The fourth-order valence-electron chi connectivity index (χ4n) is 1.71. The summed E-state index contributed by atoms with van der Waals surface area (Å²) in [6.45, 7) is 2.53. The Morgan fingerprint density at radius 1 is 1.27 bits per heavy atom. The zero-order valence-electron chi connectivity index (χ0n) is 8.69. The fourth-order valence-corrected chi connectivity index (χ4v) is 1.71. The Morgan fingerprint density at radius 3 is 2.47 bits per heavy atom. The molecule has 1 aromatic carbocycles. The first-order valence-corrected chi connectivity index (χ1v) is 5.10. The Labute approximate surface area is 88.7 Å². The van der Waals surface area contributed by atoms with Gasteiger partial charge >= 0.3 is 0 Å². The summed E-state index contributed by atoms with van der Waals surface area (Å²) in [5.74, 6) is -0.224. The normalized spacial score (nSPS) is 15.8. The molecule has 0 unspecified atom stereocenters. The minimum atomic E-state index is -0.169. The van der Waals surface area contributed by atoms with Gasteiger partial charge in [0.05, 0.1) is 0 Å². The second-order valence-corrected chi connectivity index (χ2v) is 3.82. The summed E-state index contributed by atoms with van der Waals surface area (Å²) >= 11 is 0. The number of rotatable bonds is 1. The number of amides is 2. The lowest BCUT2D eigenvalue weighted by molar-refractivity contribution is -0.125. The smallest absolute Gasteiger partial charge is 0.260 e. The van der Waals surface area contributed by atoms with Gasteiger partial charge in [-0.25, -0.2) is 0 Å². The molecule has 0 spiro atoms. The lowest BCUT2D eigenvalue weighted by atomic mass is 10.1. The number of carbonyl (C=O) groups excluding carboxylic acids is 2. The van der Waals surface area contributed by atoms with Crippen LogP contribution in [0.1, 0.15) is 28.8 Å². The molecule has 2 amide bonds. The van der Waals surface area contributed by atoms with Gasteiger partial charge in [-0.3, -0.25) is 14.5 Å². The minimum Gasteiger partial charge on any atom is -0.279 e. The van der Waals surface area contributed by atoms with Crippen LogP contribution in [0.15, 0.2) is 24.3 Å². The molecule has 3 nitrogen and oxygen atoms in total. The van der Waals surface area contributed by atoms with Crippen LogP contribution in [0.4, 0.5) is 0 Å². The second-order valence-electron chi connectivity index (χ2n) is 3.82. The van der Waals surface area contributed by atoms with Crippen molar-refractivity contribution in [1.82, 2.24) is 4.90 Å². The maximum atomic E-state index is 11.9. The van der Waals surface area contributed by atoms with Gasteiger partial charge < -0.3 is 0 Å². The van der Waals surface area contributed by atoms with Crippen molar-refractivity contribution in [2.24, 2.45) is 0 Å². The van der Waals surface area contributed by atoms with E-state index in [1.807, 2.05) is 19.1 Å². The van der Waals surface area contributed by atoms with Crippen LogP contribution in [-0.4, -0.2) is 23.3 Å². The molecule has 0 N–H and O–H groups in total. The highest BCUT2D eigenvalue weighted by atomic mass is 16.2. The first-order chi connectivity index (χ1) is 7.18. The van der Waals surface area contributed by atoms with E-state index in [0.29, 0.717) is 18.5 Å². The molecule has 1 aliphatic rings. The standard InChI is InChI=1S/C12H13NO2/c1-9-4-6-10(7-5-9)12(15)13-8-2-3-11(13)14/h4-7H,2-3,8H2,1H3. The maximum Gasteiger partial charge on any atom is 0.260 e. The molecule has 1 aliphatic heterocycles. The van der Waals surface area contributed by atoms with Crippen molar-refractivity contribution in [3.63, 3.8) is 0 Å². The highest BCUT2D eigenvalue weighted by molar-refractivity contribution is 6.05. The largest absolute Gasteiger partial charge is 0.279 e. The lowest BCUT2D eigenvalue weighted by Crippen LogP contribution is -2.31. The van der Waals surface area contributed by atoms with E-state index in [0.717, 1.165) is 12.0 Å². The molecule has 15 heavy (non-hydrogen) atoms. The molecule has 1 aromatic rings. The third kappa shape index (κ3) is 1.91. The Bertz CT molecular complexity index is 395. The van der Waals surface area contributed by atoms with E-state index in [2.05, 4.69) is 0 Å². The van der Waals surface area contributed by atoms with Crippen LogP contribution in [0.5, 0.6) is 0 Å². The molecule has 2 rings (SSSR count). The van der Waals surface area contributed by atoms with Crippen LogP contribution >= 0.6 is 0 Å². The summed E-state index contributed by atoms with van der Waals surface area (Å²) in [6.07, 6.45) is 1.29. The van der Waals surface area contributed by atoms with E-state index in [9.17, 15) is 9.59 Å². The summed E-state index contributed by atoms with van der Waals surface area (Å²) < 4.78 is 0. The molecule has 0 saturated carbocycles. The van der Waals surface area contributed by atoms with Crippen molar-refractivity contribution in [2.75, 3.05) is 6.54 Å². The van der Waals surface area contributed by atoms with E-state index in [-0.39, 0.29) is 11.8 Å². The predicted octanol–water partition coefficient (Wildman–Crippen LogP) is 1.76. The zero-order chi connectivity index (χ0) is 10.8. The average Bonchev–Trinajstić information content (AvgIpc) is 2.65. The lowest BCUT2D eigenvalue weighted by Gasteiger charge is -2.13. The Balaban J connectivity index is 2.20. The number of hydrogen-bond acceptors (Lipinski definition) is 2. The van der Waals surface area contributed by atoms with Gasteiger partial charge in [-0.15, -0.1) is 0 Å². The van der Waals surface area contributed by atoms with Gasteiger partial charge in [-0.05, 0) is 25.5 Å². The summed E-state index contributed by atoms with van der Waals surface area (Å²) in [6, 6.07) is 7.30. The van der Waals surface area contributed by atoms with Crippen LogP contribution in [0.3, 0.4) is 0 Å². The molecule has 78 valence electrons. The number of hydrogen-bond donors (Lipinski definition) is 0. The van der Waals surface area contributed by atoms with Crippen LogP contribution in [0.2, 0.25) is 0 Å². The highest BCUT2D eigenvalue weighted by Gasteiger charge is 2.26. The van der Waals surface area contributed by atoms with Crippen molar-refractivity contribution < 1.29 is 9.59 Å². The number of likely N-dealkylation sites (tertiary alicyclic amines) is 1. The molecule has 1 saturated heterocycles. The van der Waals surface area contributed by atoms with Gasteiger partial charge in [0.15, 0.2) is 0 Å². The first-order valence-electron chi connectivity index (χ1n) is 5.10. The number of benzene rings is 1. The van der Waals surface area contributed by atoms with Crippen LogP contribution in [0.25, 0.3) is 0 Å². The third-order valence-electron chi connectivity index (χ3n) is 2.62. The quantitative estimate of drug-likeness (QED) is 0.652. The molecular formula is C12H13NO2. The van der Waals surface area contributed by atoms with Crippen LogP contribution in [-0.2, 0) is 4.79 Å². The Morgan fingerprint density at radius 2 is 1.93 bits per heavy atom. The second kappa shape index (κ2) is 3.85. The van der Waals surface area contributed by atoms with Crippen molar-refractivity contribution in [3.05, 3.63) is 35.4 Å². The summed E-state index contributed by atoms with van der Waals surface area (Å²) in [5, 5.41) is 0.